The van der Waals surface area contributed by atoms with Gasteiger partial charge in [0.25, 0.3) is 0 Å². The summed E-state index contributed by atoms with van der Waals surface area (Å²) in [4.78, 5) is 24.3. The van der Waals surface area contributed by atoms with Gasteiger partial charge in [0.05, 0.1) is 0 Å². The Balaban J connectivity index is 2.60. The molecule has 0 saturated carbocycles. The molecule has 1 heterocycles. The molecule has 0 aromatic heterocycles. The molecule has 0 spiro atoms. The third kappa shape index (κ3) is 3.38. The molecule has 1 amide bonds. The van der Waals surface area contributed by atoms with Crippen molar-refractivity contribution in [3.8, 4) is 0 Å². The largest absolute Gasteiger partial charge is 0.480 e. The van der Waals surface area contributed by atoms with Crippen molar-refractivity contribution in [2.75, 3.05) is 18.1 Å². The molecule has 92 valence electrons. The number of hydrogen-bond donors (Lipinski definition) is 2. The molecule has 6 heteroatoms. The molecule has 2 unspecified atom stereocenters. The summed E-state index contributed by atoms with van der Waals surface area (Å²) >= 11 is 1.57. The molecular formula is C10H18N2O3S. The zero-order chi connectivity index (χ0) is 12.1. The average molecular weight is 246 g/mol. The fourth-order valence-electron chi connectivity index (χ4n) is 1.59. The van der Waals surface area contributed by atoms with Crippen LogP contribution >= 0.6 is 11.8 Å². The molecule has 0 aromatic carbocycles. The highest BCUT2D eigenvalue weighted by atomic mass is 32.2. The van der Waals surface area contributed by atoms with Crippen LogP contribution in [0.2, 0.25) is 0 Å². The lowest BCUT2D eigenvalue weighted by Crippen LogP contribution is -2.51. The Hall–Kier alpha value is -0.750. The van der Waals surface area contributed by atoms with Crippen LogP contribution in [0.5, 0.6) is 0 Å². The summed E-state index contributed by atoms with van der Waals surface area (Å²) in [5.41, 5.74) is 5.70. The van der Waals surface area contributed by atoms with Gasteiger partial charge in [-0.3, -0.25) is 4.79 Å². The first-order chi connectivity index (χ1) is 7.56. The maximum Gasteiger partial charge on any atom is 0.327 e. The molecule has 16 heavy (non-hydrogen) atoms. The van der Waals surface area contributed by atoms with Crippen molar-refractivity contribution < 1.29 is 14.7 Å². The number of rotatable bonds is 4. The standard InChI is InChI=1S/C10H18N2O3S/c1-2-7(11)5-9(13)12-3-4-16-6-8(12)10(14)15/h7-8H,2-6,11H2,1H3,(H,14,15). The van der Waals surface area contributed by atoms with Crippen LogP contribution in [0.25, 0.3) is 0 Å². The van der Waals surface area contributed by atoms with E-state index in [-0.39, 0.29) is 18.4 Å². The fourth-order valence-corrected chi connectivity index (χ4v) is 2.63. The van der Waals surface area contributed by atoms with Crippen molar-refractivity contribution in [2.45, 2.75) is 31.8 Å². The molecule has 1 aliphatic heterocycles. The van der Waals surface area contributed by atoms with Crippen LogP contribution in [-0.2, 0) is 9.59 Å². The highest BCUT2D eigenvalue weighted by Gasteiger charge is 2.32. The van der Waals surface area contributed by atoms with Crippen LogP contribution in [0.1, 0.15) is 19.8 Å². The predicted molar refractivity (Wildman–Crippen MR) is 63.3 cm³/mol. The second-order valence-electron chi connectivity index (χ2n) is 3.89. The lowest BCUT2D eigenvalue weighted by molar-refractivity contribution is -0.149. The van der Waals surface area contributed by atoms with E-state index in [1.807, 2.05) is 6.92 Å². The highest BCUT2D eigenvalue weighted by Crippen LogP contribution is 2.18. The van der Waals surface area contributed by atoms with Crippen molar-refractivity contribution in [1.29, 1.82) is 0 Å². The van der Waals surface area contributed by atoms with Crippen LogP contribution in [0, 0.1) is 0 Å². The zero-order valence-electron chi connectivity index (χ0n) is 9.39. The molecule has 5 nitrogen and oxygen atoms in total. The highest BCUT2D eigenvalue weighted by molar-refractivity contribution is 7.99. The van der Waals surface area contributed by atoms with E-state index >= 15 is 0 Å². The zero-order valence-corrected chi connectivity index (χ0v) is 10.2. The SMILES string of the molecule is CCC(N)CC(=O)N1CCSCC1C(=O)O. The Morgan fingerprint density at radius 1 is 1.62 bits per heavy atom. The Bertz CT molecular complexity index is 273. The van der Waals surface area contributed by atoms with E-state index in [2.05, 4.69) is 0 Å². The molecule has 1 aliphatic rings. The summed E-state index contributed by atoms with van der Waals surface area (Å²) in [6.07, 6.45) is 0.969. The molecule has 1 rings (SSSR count). The third-order valence-corrected chi connectivity index (χ3v) is 3.72. The lowest BCUT2D eigenvalue weighted by Gasteiger charge is -2.33. The number of carboxylic acids is 1. The fraction of sp³-hybridized carbons (Fsp3) is 0.800. The van der Waals surface area contributed by atoms with Gasteiger partial charge in [-0.2, -0.15) is 11.8 Å². The quantitative estimate of drug-likeness (QED) is 0.737. The van der Waals surface area contributed by atoms with Gasteiger partial charge in [-0.1, -0.05) is 6.92 Å². The van der Waals surface area contributed by atoms with Crippen molar-refractivity contribution in [2.24, 2.45) is 5.73 Å². The van der Waals surface area contributed by atoms with E-state index in [4.69, 9.17) is 10.8 Å². The lowest BCUT2D eigenvalue weighted by atomic mass is 10.1. The summed E-state index contributed by atoms with van der Waals surface area (Å²) in [6, 6.07) is -0.855. The van der Waals surface area contributed by atoms with Gasteiger partial charge in [0.15, 0.2) is 0 Å². The van der Waals surface area contributed by atoms with Gasteiger partial charge in [-0.25, -0.2) is 4.79 Å². The van der Waals surface area contributed by atoms with Gasteiger partial charge in [0.1, 0.15) is 6.04 Å². The summed E-state index contributed by atoms with van der Waals surface area (Å²) in [5.74, 6) is 0.215. The van der Waals surface area contributed by atoms with Crippen molar-refractivity contribution in [1.82, 2.24) is 4.90 Å². The van der Waals surface area contributed by atoms with Gasteiger partial charge in [0, 0.05) is 30.5 Å². The van der Waals surface area contributed by atoms with E-state index in [0.717, 1.165) is 12.2 Å². The number of thioether (sulfide) groups is 1. The molecular weight excluding hydrogens is 228 g/mol. The van der Waals surface area contributed by atoms with Gasteiger partial charge in [-0.05, 0) is 6.42 Å². The summed E-state index contributed by atoms with van der Waals surface area (Å²) < 4.78 is 0. The maximum absolute atomic E-state index is 11.9. The van der Waals surface area contributed by atoms with Gasteiger partial charge >= 0.3 is 5.97 Å². The number of nitrogens with two attached hydrogens (primary N) is 1. The first kappa shape index (κ1) is 13.3. The Morgan fingerprint density at radius 3 is 2.88 bits per heavy atom. The predicted octanol–water partition coefficient (Wildman–Crippen LogP) is 0.142. The Labute approximate surface area is 99.4 Å². The third-order valence-electron chi connectivity index (χ3n) is 2.70. The monoisotopic (exact) mass is 246 g/mol. The van der Waals surface area contributed by atoms with Gasteiger partial charge in [0.2, 0.25) is 5.91 Å². The number of hydrogen-bond acceptors (Lipinski definition) is 4. The second kappa shape index (κ2) is 6.10. The van der Waals surface area contributed by atoms with Crippen molar-refractivity contribution in [3.63, 3.8) is 0 Å². The van der Waals surface area contributed by atoms with Crippen LogP contribution in [0.3, 0.4) is 0 Å². The molecule has 0 aliphatic carbocycles. The van der Waals surface area contributed by atoms with E-state index in [1.54, 1.807) is 11.8 Å². The number of carboxylic acid groups (broad SMARTS) is 1. The summed E-state index contributed by atoms with van der Waals surface area (Å²) in [5, 5.41) is 9.01. The maximum atomic E-state index is 11.9. The number of carbonyl (C=O) groups is 2. The number of nitrogens with zero attached hydrogens (tertiary/aromatic N) is 1. The molecule has 2 atom stereocenters. The van der Waals surface area contributed by atoms with E-state index in [9.17, 15) is 9.59 Å². The average Bonchev–Trinajstić information content (AvgIpc) is 2.28. The Morgan fingerprint density at radius 2 is 2.31 bits per heavy atom. The van der Waals surface area contributed by atoms with E-state index < -0.39 is 12.0 Å². The first-order valence-corrected chi connectivity index (χ1v) is 6.57. The van der Waals surface area contributed by atoms with Gasteiger partial charge in [-0.15, -0.1) is 0 Å². The van der Waals surface area contributed by atoms with Crippen molar-refractivity contribution in [3.05, 3.63) is 0 Å². The number of amides is 1. The molecule has 3 N–H and O–H groups in total. The molecule has 0 radical (unpaired) electrons. The minimum absolute atomic E-state index is 0.137. The van der Waals surface area contributed by atoms with Crippen molar-refractivity contribution >= 4 is 23.6 Å². The smallest absolute Gasteiger partial charge is 0.327 e. The molecule has 0 bridgehead atoms. The van der Waals surface area contributed by atoms with Crippen LogP contribution in [0.4, 0.5) is 0 Å². The molecule has 0 aromatic rings. The number of carbonyl (C=O) groups excluding carboxylic acids is 1. The first-order valence-electron chi connectivity index (χ1n) is 5.41. The van der Waals surface area contributed by atoms with Crippen LogP contribution in [-0.4, -0.2) is 52.0 Å². The minimum atomic E-state index is -0.925. The van der Waals surface area contributed by atoms with E-state index in [0.29, 0.717) is 12.3 Å². The molecule has 1 saturated heterocycles. The normalized spacial score (nSPS) is 22.9. The number of aliphatic carboxylic acids is 1. The van der Waals surface area contributed by atoms with Crippen LogP contribution < -0.4 is 5.73 Å². The molecule has 1 fully saturated rings. The Kier molecular flexibility index (Phi) is 5.08. The minimum Gasteiger partial charge on any atom is -0.480 e. The van der Waals surface area contributed by atoms with Gasteiger partial charge < -0.3 is 15.7 Å². The summed E-state index contributed by atoms with van der Waals surface area (Å²) in [7, 11) is 0. The van der Waals surface area contributed by atoms with Crippen LogP contribution in [0.15, 0.2) is 0 Å². The summed E-state index contributed by atoms with van der Waals surface area (Å²) in [6.45, 7) is 2.43. The topological polar surface area (TPSA) is 83.6 Å². The second-order valence-corrected chi connectivity index (χ2v) is 5.04. The van der Waals surface area contributed by atoms with E-state index in [1.165, 1.54) is 4.90 Å².